The van der Waals surface area contributed by atoms with Crippen LogP contribution in [0.3, 0.4) is 0 Å². The van der Waals surface area contributed by atoms with Gasteiger partial charge in [0.1, 0.15) is 6.10 Å². The van der Waals surface area contributed by atoms with Gasteiger partial charge in [-0.15, -0.1) is 0 Å². The first kappa shape index (κ1) is 14.4. The van der Waals surface area contributed by atoms with Gasteiger partial charge in [0, 0.05) is 26.2 Å². The maximum Gasteiger partial charge on any atom is 0.183 e. The number of ether oxygens (including phenoxy) is 4. The molecule has 5 nitrogen and oxygen atoms in total. The van der Waals surface area contributed by atoms with E-state index in [1.807, 2.05) is 30.3 Å². The molecule has 1 heterocycles. The van der Waals surface area contributed by atoms with Gasteiger partial charge in [-0.2, -0.15) is 0 Å². The minimum Gasteiger partial charge on any atom is -0.388 e. The van der Waals surface area contributed by atoms with E-state index in [2.05, 4.69) is 0 Å². The predicted molar refractivity (Wildman–Crippen MR) is 68.4 cm³/mol. The third-order valence-electron chi connectivity index (χ3n) is 3.10. The second-order valence-corrected chi connectivity index (χ2v) is 4.48. The third kappa shape index (κ3) is 3.75. The number of benzene rings is 1. The molecule has 0 aromatic heterocycles. The van der Waals surface area contributed by atoms with Crippen LogP contribution in [0.1, 0.15) is 18.3 Å². The van der Waals surface area contributed by atoms with Gasteiger partial charge in [-0.25, -0.2) is 0 Å². The lowest BCUT2D eigenvalue weighted by molar-refractivity contribution is -0.258. The molecule has 1 aliphatic heterocycles. The van der Waals surface area contributed by atoms with Crippen molar-refractivity contribution in [1.29, 1.82) is 0 Å². The molecule has 2 rings (SSSR count). The molecule has 0 bridgehead atoms. The van der Waals surface area contributed by atoms with Crippen molar-refractivity contribution in [3.8, 4) is 0 Å². The molecule has 4 atom stereocenters. The Balaban J connectivity index is 1.93. The summed E-state index contributed by atoms with van der Waals surface area (Å²) < 4.78 is 21.6. The second-order valence-electron chi connectivity index (χ2n) is 4.48. The summed E-state index contributed by atoms with van der Waals surface area (Å²) in [5, 5.41) is 9.82. The normalized spacial score (nSPS) is 29.1. The molecule has 0 amide bonds. The Kier molecular flexibility index (Phi) is 5.30. The van der Waals surface area contributed by atoms with Crippen molar-refractivity contribution in [1.82, 2.24) is 0 Å². The highest BCUT2D eigenvalue weighted by atomic mass is 16.7. The Bertz CT molecular complexity index is 369. The zero-order valence-electron chi connectivity index (χ0n) is 11.2. The van der Waals surface area contributed by atoms with Crippen LogP contribution in [0, 0.1) is 0 Å². The molecule has 0 spiro atoms. The molecule has 1 aliphatic rings. The second kappa shape index (κ2) is 6.98. The van der Waals surface area contributed by atoms with Gasteiger partial charge in [0.15, 0.2) is 12.6 Å². The topological polar surface area (TPSA) is 57.2 Å². The summed E-state index contributed by atoms with van der Waals surface area (Å²) in [4.78, 5) is 0. The fourth-order valence-corrected chi connectivity index (χ4v) is 2.14. The van der Waals surface area contributed by atoms with Gasteiger partial charge < -0.3 is 24.1 Å². The molecule has 5 heteroatoms. The monoisotopic (exact) mass is 268 g/mol. The van der Waals surface area contributed by atoms with E-state index < -0.39 is 18.7 Å². The van der Waals surface area contributed by atoms with Crippen LogP contribution in [-0.4, -0.2) is 44.4 Å². The highest BCUT2D eigenvalue weighted by Crippen LogP contribution is 2.25. The van der Waals surface area contributed by atoms with Gasteiger partial charge in [-0.3, -0.25) is 0 Å². The Morgan fingerprint density at radius 1 is 1.26 bits per heavy atom. The fourth-order valence-electron chi connectivity index (χ4n) is 2.14. The zero-order valence-corrected chi connectivity index (χ0v) is 11.2. The largest absolute Gasteiger partial charge is 0.388 e. The van der Waals surface area contributed by atoms with Gasteiger partial charge >= 0.3 is 0 Å². The molecule has 1 aromatic carbocycles. The summed E-state index contributed by atoms with van der Waals surface area (Å²) in [5.41, 5.74) is 0.938. The fraction of sp³-hybridized carbons (Fsp3) is 0.571. The molecule has 1 saturated heterocycles. The van der Waals surface area contributed by atoms with E-state index in [9.17, 15) is 5.11 Å². The first-order chi connectivity index (χ1) is 9.24. The number of hydrogen-bond acceptors (Lipinski definition) is 5. The maximum atomic E-state index is 9.82. The molecule has 0 radical (unpaired) electrons. The van der Waals surface area contributed by atoms with Gasteiger partial charge in [0.05, 0.1) is 12.7 Å². The van der Waals surface area contributed by atoms with Crippen LogP contribution in [-0.2, 0) is 18.9 Å². The van der Waals surface area contributed by atoms with Crippen LogP contribution in [0.25, 0.3) is 0 Å². The highest BCUT2D eigenvalue weighted by molar-refractivity contribution is 5.16. The summed E-state index contributed by atoms with van der Waals surface area (Å²) in [5.74, 6) is 0. The number of hydrogen-bond donors (Lipinski definition) is 1. The smallest absolute Gasteiger partial charge is 0.183 e. The standard InChI is InChI=1S/C14H20O5/c1-16-13(10-6-4-3-5-7-10)19-11-8-12(15)14(17-2)18-9-11/h3-7,11-15H,8-9H2,1-2H3/t11-,12+,13?,14-/m0/s1. The summed E-state index contributed by atoms with van der Waals surface area (Å²) in [6.45, 7) is 0.377. The van der Waals surface area contributed by atoms with E-state index >= 15 is 0 Å². The maximum absolute atomic E-state index is 9.82. The Labute approximate surface area is 113 Å². The lowest BCUT2D eigenvalue weighted by Gasteiger charge is -2.33. The summed E-state index contributed by atoms with van der Waals surface area (Å²) >= 11 is 0. The zero-order chi connectivity index (χ0) is 13.7. The summed E-state index contributed by atoms with van der Waals surface area (Å²) in [6.07, 6.45) is -1.46. The van der Waals surface area contributed by atoms with Crippen molar-refractivity contribution in [2.24, 2.45) is 0 Å². The predicted octanol–water partition coefficient (Wildman–Crippen LogP) is 1.47. The van der Waals surface area contributed by atoms with Crippen molar-refractivity contribution >= 4 is 0 Å². The average molecular weight is 268 g/mol. The van der Waals surface area contributed by atoms with Gasteiger partial charge in [-0.05, 0) is 0 Å². The quantitative estimate of drug-likeness (QED) is 0.820. The SMILES string of the molecule is COC(O[C@@H]1CO[C@H](OC)[C@H](O)C1)c1ccccc1. The minimum absolute atomic E-state index is 0.216. The van der Waals surface area contributed by atoms with E-state index in [-0.39, 0.29) is 6.10 Å². The Hall–Kier alpha value is -0.980. The lowest BCUT2D eigenvalue weighted by Crippen LogP contribution is -2.43. The number of aliphatic hydroxyl groups is 1. The van der Waals surface area contributed by atoms with E-state index in [0.29, 0.717) is 13.0 Å². The molecule has 0 saturated carbocycles. The van der Waals surface area contributed by atoms with E-state index in [1.165, 1.54) is 7.11 Å². The van der Waals surface area contributed by atoms with Gasteiger partial charge in [-0.1, -0.05) is 30.3 Å². The number of aliphatic hydroxyl groups excluding tert-OH is 1. The van der Waals surface area contributed by atoms with E-state index in [4.69, 9.17) is 18.9 Å². The van der Waals surface area contributed by atoms with Crippen molar-refractivity contribution in [3.63, 3.8) is 0 Å². The lowest BCUT2D eigenvalue weighted by atomic mass is 10.1. The Morgan fingerprint density at radius 2 is 2.00 bits per heavy atom. The molecule has 1 fully saturated rings. The van der Waals surface area contributed by atoms with Crippen LogP contribution in [0.5, 0.6) is 0 Å². The van der Waals surface area contributed by atoms with Crippen molar-refractivity contribution in [3.05, 3.63) is 35.9 Å². The molecular formula is C14H20O5. The van der Waals surface area contributed by atoms with Crippen LogP contribution in [0.4, 0.5) is 0 Å². The van der Waals surface area contributed by atoms with Crippen molar-refractivity contribution < 1.29 is 24.1 Å². The number of rotatable bonds is 5. The molecular weight excluding hydrogens is 248 g/mol. The van der Waals surface area contributed by atoms with Crippen LogP contribution >= 0.6 is 0 Å². The summed E-state index contributed by atoms with van der Waals surface area (Å²) in [6, 6.07) is 9.67. The molecule has 19 heavy (non-hydrogen) atoms. The third-order valence-corrected chi connectivity index (χ3v) is 3.10. The molecule has 1 unspecified atom stereocenters. The number of methoxy groups -OCH3 is 2. The molecule has 1 aromatic rings. The van der Waals surface area contributed by atoms with Gasteiger partial charge in [0.2, 0.25) is 0 Å². The van der Waals surface area contributed by atoms with Crippen LogP contribution < -0.4 is 0 Å². The molecule has 0 aliphatic carbocycles. The van der Waals surface area contributed by atoms with E-state index in [1.54, 1.807) is 7.11 Å². The van der Waals surface area contributed by atoms with E-state index in [0.717, 1.165) is 5.56 Å². The minimum atomic E-state index is -0.683. The average Bonchev–Trinajstić information content (AvgIpc) is 2.46. The Morgan fingerprint density at radius 3 is 2.58 bits per heavy atom. The highest BCUT2D eigenvalue weighted by Gasteiger charge is 2.32. The summed E-state index contributed by atoms with van der Waals surface area (Å²) in [7, 11) is 3.10. The first-order valence-electron chi connectivity index (χ1n) is 6.30. The first-order valence-corrected chi connectivity index (χ1v) is 6.30. The van der Waals surface area contributed by atoms with Crippen LogP contribution in [0.15, 0.2) is 30.3 Å². The molecule has 106 valence electrons. The van der Waals surface area contributed by atoms with Crippen LogP contribution in [0.2, 0.25) is 0 Å². The van der Waals surface area contributed by atoms with Gasteiger partial charge in [0.25, 0.3) is 0 Å². The molecule has 1 N–H and O–H groups in total. The van der Waals surface area contributed by atoms with Crippen molar-refractivity contribution in [2.75, 3.05) is 20.8 Å². The van der Waals surface area contributed by atoms with Crippen molar-refractivity contribution in [2.45, 2.75) is 31.2 Å².